The lowest BCUT2D eigenvalue weighted by atomic mass is 9.93. The van der Waals surface area contributed by atoms with Crippen LogP contribution in [-0.2, 0) is 14.3 Å². The molecule has 230 valence electrons. The fourth-order valence-corrected chi connectivity index (χ4v) is 5.46. The van der Waals surface area contributed by atoms with Crippen LogP contribution in [0.1, 0.15) is 124 Å². The molecule has 0 bridgehead atoms. The maximum atomic E-state index is 14.6. The molecule has 3 atom stereocenters. The van der Waals surface area contributed by atoms with Crippen molar-refractivity contribution in [3.63, 3.8) is 0 Å². The molecule has 1 aliphatic carbocycles. The first-order valence-electron chi connectivity index (χ1n) is 15.6. The third kappa shape index (κ3) is 11.5. The lowest BCUT2D eigenvalue weighted by Crippen LogP contribution is -2.56. The molecule has 41 heavy (non-hydrogen) atoms. The van der Waals surface area contributed by atoms with Crippen molar-refractivity contribution in [1.29, 1.82) is 0 Å². The van der Waals surface area contributed by atoms with Gasteiger partial charge in [-0.2, -0.15) is 0 Å². The van der Waals surface area contributed by atoms with E-state index >= 15 is 0 Å². The van der Waals surface area contributed by atoms with Crippen molar-refractivity contribution in [2.45, 2.75) is 137 Å². The number of hydrogen-bond acceptors (Lipinski definition) is 4. The fraction of sp³-hybridized carbons (Fsp3) is 0.676. The van der Waals surface area contributed by atoms with E-state index in [2.05, 4.69) is 31.1 Å². The first-order valence-corrected chi connectivity index (χ1v) is 15.6. The summed E-state index contributed by atoms with van der Waals surface area (Å²) in [5, 5.41) is 6.14. The SMILES string of the molecule is C=Cc1cccc(C(C(=O)NC2CCCCC2)N(C(=O)C(CC(C)C)NC(=O)OC(C)(C)C)C(C)CCC(C)C)c1. The van der Waals surface area contributed by atoms with Gasteiger partial charge >= 0.3 is 6.09 Å². The Hall–Kier alpha value is -2.83. The van der Waals surface area contributed by atoms with E-state index in [0.717, 1.165) is 49.7 Å². The quantitative estimate of drug-likeness (QED) is 0.259. The molecule has 0 aliphatic heterocycles. The van der Waals surface area contributed by atoms with Crippen molar-refractivity contribution < 1.29 is 19.1 Å². The number of hydrogen-bond donors (Lipinski definition) is 2. The van der Waals surface area contributed by atoms with Gasteiger partial charge in [0, 0.05) is 12.1 Å². The van der Waals surface area contributed by atoms with Gasteiger partial charge in [0.2, 0.25) is 11.8 Å². The van der Waals surface area contributed by atoms with Crippen LogP contribution in [0.4, 0.5) is 4.79 Å². The number of benzene rings is 1. The zero-order valence-electron chi connectivity index (χ0n) is 26.8. The van der Waals surface area contributed by atoms with Crippen molar-refractivity contribution in [3.05, 3.63) is 42.0 Å². The zero-order valence-corrected chi connectivity index (χ0v) is 26.8. The molecule has 0 saturated heterocycles. The minimum Gasteiger partial charge on any atom is -0.444 e. The highest BCUT2D eigenvalue weighted by Gasteiger charge is 2.39. The Kier molecular flexibility index (Phi) is 13.4. The Morgan fingerprint density at radius 1 is 1.02 bits per heavy atom. The second-order valence-corrected chi connectivity index (χ2v) is 13.5. The van der Waals surface area contributed by atoms with E-state index in [-0.39, 0.29) is 29.8 Å². The summed E-state index contributed by atoms with van der Waals surface area (Å²) in [6.45, 7) is 19.7. The molecule has 0 radical (unpaired) electrons. The molecule has 3 unspecified atom stereocenters. The topological polar surface area (TPSA) is 87.7 Å². The van der Waals surface area contributed by atoms with E-state index < -0.39 is 23.8 Å². The van der Waals surface area contributed by atoms with Gasteiger partial charge in [-0.25, -0.2) is 4.79 Å². The molecule has 1 saturated carbocycles. The average Bonchev–Trinajstić information content (AvgIpc) is 2.88. The Morgan fingerprint density at radius 2 is 1.68 bits per heavy atom. The summed E-state index contributed by atoms with van der Waals surface area (Å²) < 4.78 is 5.53. The van der Waals surface area contributed by atoms with Crippen LogP contribution in [-0.4, -0.2) is 46.5 Å². The van der Waals surface area contributed by atoms with Crippen LogP contribution in [0.25, 0.3) is 6.08 Å². The maximum absolute atomic E-state index is 14.6. The third-order valence-corrected chi connectivity index (χ3v) is 7.53. The normalized spacial score (nSPS) is 16.5. The zero-order chi connectivity index (χ0) is 30.7. The Labute approximate surface area is 248 Å². The highest BCUT2D eigenvalue weighted by Crippen LogP contribution is 2.30. The van der Waals surface area contributed by atoms with Crippen molar-refractivity contribution in [2.24, 2.45) is 11.8 Å². The summed E-state index contributed by atoms with van der Waals surface area (Å²) in [6.07, 6.45) is 8.42. The van der Waals surface area contributed by atoms with E-state index in [4.69, 9.17) is 4.74 Å². The number of alkyl carbamates (subject to hydrolysis) is 1. The van der Waals surface area contributed by atoms with Crippen LogP contribution in [0.3, 0.4) is 0 Å². The van der Waals surface area contributed by atoms with Crippen molar-refractivity contribution in [1.82, 2.24) is 15.5 Å². The van der Waals surface area contributed by atoms with Crippen LogP contribution < -0.4 is 10.6 Å². The minimum atomic E-state index is -0.846. The lowest BCUT2D eigenvalue weighted by molar-refractivity contribution is -0.146. The molecule has 0 spiro atoms. The summed E-state index contributed by atoms with van der Waals surface area (Å²) in [7, 11) is 0. The first kappa shape index (κ1) is 34.4. The molecule has 0 aromatic heterocycles. The molecule has 2 rings (SSSR count). The lowest BCUT2D eigenvalue weighted by Gasteiger charge is -2.40. The number of rotatable bonds is 13. The number of nitrogens with one attached hydrogen (secondary N) is 2. The van der Waals surface area contributed by atoms with Crippen molar-refractivity contribution in [3.8, 4) is 0 Å². The number of carbonyl (C=O) groups excluding carboxylic acids is 3. The molecule has 7 nitrogen and oxygen atoms in total. The number of ether oxygens (including phenoxy) is 1. The first-order chi connectivity index (χ1) is 19.2. The second-order valence-electron chi connectivity index (χ2n) is 13.5. The van der Waals surface area contributed by atoms with Crippen LogP contribution >= 0.6 is 0 Å². The number of carbonyl (C=O) groups is 3. The summed E-state index contributed by atoms with van der Waals surface area (Å²) in [5.74, 6) is 0.127. The highest BCUT2D eigenvalue weighted by molar-refractivity contribution is 5.92. The van der Waals surface area contributed by atoms with Crippen molar-refractivity contribution >= 4 is 24.0 Å². The Balaban J connectivity index is 2.59. The van der Waals surface area contributed by atoms with Gasteiger partial charge in [-0.15, -0.1) is 0 Å². The van der Waals surface area contributed by atoms with Gasteiger partial charge in [-0.1, -0.05) is 77.8 Å². The Morgan fingerprint density at radius 3 is 2.24 bits per heavy atom. The number of amides is 3. The molecular weight excluding hydrogens is 514 g/mol. The molecule has 2 N–H and O–H groups in total. The predicted molar refractivity (Wildman–Crippen MR) is 167 cm³/mol. The van der Waals surface area contributed by atoms with Crippen LogP contribution in [0.15, 0.2) is 30.8 Å². The van der Waals surface area contributed by atoms with Gasteiger partial charge in [0.25, 0.3) is 0 Å². The molecule has 1 aromatic carbocycles. The van der Waals surface area contributed by atoms with Gasteiger partial charge in [0.15, 0.2) is 0 Å². The van der Waals surface area contributed by atoms with Gasteiger partial charge < -0.3 is 20.3 Å². The third-order valence-electron chi connectivity index (χ3n) is 7.53. The average molecular weight is 570 g/mol. The largest absolute Gasteiger partial charge is 0.444 e. The van der Waals surface area contributed by atoms with E-state index in [1.807, 2.05) is 45.0 Å². The summed E-state index contributed by atoms with van der Waals surface area (Å²) in [6, 6.07) is 5.86. The fourth-order valence-electron chi connectivity index (χ4n) is 5.46. The number of nitrogens with zero attached hydrogens (tertiary/aromatic N) is 1. The minimum absolute atomic E-state index is 0.0932. The summed E-state index contributed by atoms with van der Waals surface area (Å²) >= 11 is 0. The smallest absolute Gasteiger partial charge is 0.408 e. The van der Waals surface area contributed by atoms with E-state index in [1.54, 1.807) is 31.7 Å². The molecular formula is C34H55N3O4. The van der Waals surface area contributed by atoms with Crippen LogP contribution in [0, 0.1) is 11.8 Å². The summed E-state index contributed by atoms with van der Waals surface area (Å²) in [4.78, 5) is 43.4. The van der Waals surface area contributed by atoms with Crippen LogP contribution in [0.2, 0.25) is 0 Å². The van der Waals surface area contributed by atoms with E-state index in [1.165, 1.54) is 6.42 Å². The standard InChI is InChI=1S/C34H55N3O4/c1-10-26-15-14-16-27(22-26)30(31(38)35-28-17-12-11-13-18-28)37(25(6)20-19-23(2)3)32(39)29(21-24(4)5)36-33(40)41-34(7,8)9/h10,14-16,22-25,28-30H,1,11-13,17-21H2,2-9H3,(H,35,38)(H,36,40). The molecule has 3 amide bonds. The van der Waals surface area contributed by atoms with E-state index in [9.17, 15) is 14.4 Å². The Bertz CT molecular complexity index is 1010. The molecule has 1 aliphatic rings. The van der Waals surface area contributed by atoms with E-state index in [0.29, 0.717) is 12.3 Å². The summed E-state index contributed by atoms with van der Waals surface area (Å²) in [5.41, 5.74) is 0.916. The maximum Gasteiger partial charge on any atom is 0.408 e. The van der Waals surface area contributed by atoms with Crippen molar-refractivity contribution in [2.75, 3.05) is 0 Å². The van der Waals surface area contributed by atoms with Gasteiger partial charge in [0.05, 0.1) is 0 Å². The predicted octanol–water partition coefficient (Wildman–Crippen LogP) is 7.41. The van der Waals surface area contributed by atoms with Gasteiger partial charge in [0.1, 0.15) is 17.7 Å². The molecule has 1 aromatic rings. The molecule has 1 fully saturated rings. The monoisotopic (exact) mass is 569 g/mol. The highest BCUT2D eigenvalue weighted by atomic mass is 16.6. The molecule has 7 heteroatoms. The van der Waals surface area contributed by atoms with Gasteiger partial charge in [-0.05, 0) is 88.8 Å². The van der Waals surface area contributed by atoms with Crippen LogP contribution in [0.5, 0.6) is 0 Å². The second kappa shape index (κ2) is 16.0. The van der Waals surface area contributed by atoms with Gasteiger partial charge in [-0.3, -0.25) is 9.59 Å². The molecule has 0 heterocycles.